The summed E-state index contributed by atoms with van der Waals surface area (Å²) in [6, 6.07) is 12.2. The fraction of sp³-hybridized carbons (Fsp3) is 0.176. The molecule has 2 aromatic carbocycles. The van der Waals surface area contributed by atoms with Gasteiger partial charge in [-0.25, -0.2) is 4.79 Å². The summed E-state index contributed by atoms with van der Waals surface area (Å²) in [5.74, 6) is -0.824. The molecule has 2 aromatic rings. The van der Waals surface area contributed by atoms with E-state index in [1.54, 1.807) is 30.3 Å². The zero-order chi connectivity index (χ0) is 16.4. The molecule has 0 bridgehead atoms. The van der Waals surface area contributed by atoms with Crippen molar-refractivity contribution in [3.05, 3.63) is 69.2 Å². The third kappa shape index (κ3) is 3.49. The molecule has 0 saturated heterocycles. The standard InChI is InChI=1S/C17H13Cl2NO3/c18-12-6-5-11(14(19)8-12)9-20-16(21)15-7-10-3-1-2-4-13(10)17(22)23-15/h1-6,8,15H,7,9H2,(H,20,21)/t15-/m1/s1. The lowest BCUT2D eigenvalue weighted by molar-refractivity contribution is -0.130. The number of nitrogens with one attached hydrogen (secondary N) is 1. The van der Waals surface area contributed by atoms with Gasteiger partial charge in [-0.1, -0.05) is 47.5 Å². The van der Waals surface area contributed by atoms with Gasteiger partial charge in [0.25, 0.3) is 5.91 Å². The Labute approximate surface area is 143 Å². The molecule has 3 rings (SSSR count). The minimum absolute atomic E-state index is 0.241. The minimum atomic E-state index is -0.830. The zero-order valence-corrected chi connectivity index (χ0v) is 13.5. The van der Waals surface area contributed by atoms with Crippen LogP contribution >= 0.6 is 23.2 Å². The highest BCUT2D eigenvalue weighted by Crippen LogP contribution is 2.22. The van der Waals surface area contributed by atoms with Gasteiger partial charge in [0.1, 0.15) is 0 Å². The largest absolute Gasteiger partial charge is 0.448 e. The van der Waals surface area contributed by atoms with Gasteiger partial charge in [-0.15, -0.1) is 0 Å². The highest BCUT2D eigenvalue weighted by molar-refractivity contribution is 6.35. The first-order valence-electron chi connectivity index (χ1n) is 7.05. The monoisotopic (exact) mass is 349 g/mol. The number of carbonyl (C=O) groups is 2. The highest BCUT2D eigenvalue weighted by Gasteiger charge is 2.30. The van der Waals surface area contributed by atoms with Gasteiger partial charge in [-0.3, -0.25) is 4.79 Å². The van der Waals surface area contributed by atoms with Gasteiger partial charge in [0, 0.05) is 23.0 Å². The number of carbonyl (C=O) groups excluding carboxylic acids is 2. The van der Waals surface area contributed by atoms with Crippen molar-refractivity contribution in [1.82, 2.24) is 5.32 Å². The smallest absolute Gasteiger partial charge is 0.339 e. The van der Waals surface area contributed by atoms with E-state index in [0.717, 1.165) is 11.1 Å². The summed E-state index contributed by atoms with van der Waals surface area (Å²) in [4.78, 5) is 24.2. The number of ether oxygens (including phenoxy) is 1. The lowest BCUT2D eigenvalue weighted by Gasteiger charge is -2.23. The van der Waals surface area contributed by atoms with E-state index in [-0.39, 0.29) is 12.5 Å². The maximum atomic E-state index is 12.2. The number of fused-ring (bicyclic) bond motifs is 1. The molecule has 1 amide bonds. The first-order chi connectivity index (χ1) is 11.0. The molecule has 6 heteroatoms. The average Bonchev–Trinajstić information content (AvgIpc) is 2.53. The van der Waals surface area contributed by atoms with E-state index in [4.69, 9.17) is 27.9 Å². The van der Waals surface area contributed by atoms with Crippen molar-refractivity contribution in [2.45, 2.75) is 19.1 Å². The van der Waals surface area contributed by atoms with E-state index in [0.29, 0.717) is 22.0 Å². The molecule has 0 spiro atoms. The second-order valence-electron chi connectivity index (χ2n) is 5.21. The van der Waals surface area contributed by atoms with Gasteiger partial charge in [-0.05, 0) is 29.3 Å². The van der Waals surface area contributed by atoms with Gasteiger partial charge < -0.3 is 10.1 Å². The normalized spacial score (nSPS) is 16.4. The number of amides is 1. The van der Waals surface area contributed by atoms with Crippen LogP contribution in [0.2, 0.25) is 10.0 Å². The molecule has 1 N–H and O–H groups in total. The molecule has 0 aliphatic carbocycles. The summed E-state index contributed by atoms with van der Waals surface area (Å²) in [5.41, 5.74) is 2.07. The number of benzene rings is 2. The minimum Gasteiger partial charge on any atom is -0.448 e. The average molecular weight is 350 g/mol. The van der Waals surface area contributed by atoms with Gasteiger partial charge in [0.05, 0.1) is 5.56 Å². The second-order valence-corrected chi connectivity index (χ2v) is 6.05. The number of hydrogen-bond acceptors (Lipinski definition) is 3. The lowest BCUT2D eigenvalue weighted by Crippen LogP contribution is -2.41. The van der Waals surface area contributed by atoms with Crippen molar-refractivity contribution in [2.75, 3.05) is 0 Å². The number of cyclic esters (lactones) is 1. The molecule has 0 radical (unpaired) electrons. The predicted molar refractivity (Wildman–Crippen MR) is 87.7 cm³/mol. The molecule has 0 fully saturated rings. The molecule has 0 unspecified atom stereocenters. The third-order valence-electron chi connectivity index (χ3n) is 3.65. The SMILES string of the molecule is O=C1O[C@@H](C(=O)NCc2ccc(Cl)cc2Cl)Cc2ccccc21. The van der Waals surface area contributed by atoms with Crippen LogP contribution in [0.5, 0.6) is 0 Å². The molecule has 1 heterocycles. The van der Waals surface area contributed by atoms with Gasteiger partial charge in [0.2, 0.25) is 0 Å². The van der Waals surface area contributed by atoms with Crippen LogP contribution in [0, 0.1) is 0 Å². The number of halogens is 2. The molecule has 0 aromatic heterocycles. The number of rotatable bonds is 3. The van der Waals surface area contributed by atoms with E-state index < -0.39 is 12.1 Å². The van der Waals surface area contributed by atoms with Crippen LogP contribution in [0.1, 0.15) is 21.5 Å². The van der Waals surface area contributed by atoms with Crippen LogP contribution < -0.4 is 5.32 Å². The third-order valence-corrected chi connectivity index (χ3v) is 4.24. The van der Waals surface area contributed by atoms with Crippen LogP contribution in [0.25, 0.3) is 0 Å². The summed E-state index contributed by atoms with van der Waals surface area (Å²) in [7, 11) is 0. The Morgan fingerprint density at radius 1 is 1.22 bits per heavy atom. The van der Waals surface area contributed by atoms with Crippen molar-refractivity contribution < 1.29 is 14.3 Å². The summed E-state index contributed by atoms with van der Waals surface area (Å²) in [6.45, 7) is 0.241. The Kier molecular flexibility index (Phi) is 4.55. The Hall–Kier alpha value is -2.04. The molecule has 4 nitrogen and oxygen atoms in total. The first kappa shape index (κ1) is 15.8. The van der Waals surface area contributed by atoms with E-state index in [1.807, 2.05) is 12.1 Å². The van der Waals surface area contributed by atoms with E-state index in [2.05, 4.69) is 5.32 Å². The molecular weight excluding hydrogens is 337 g/mol. The molecule has 1 aliphatic rings. The van der Waals surface area contributed by atoms with Crippen LogP contribution in [0.3, 0.4) is 0 Å². The van der Waals surface area contributed by atoms with E-state index in [1.165, 1.54) is 0 Å². The van der Waals surface area contributed by atoms with Crippen LogP contribution in [0.15, 0.2) is 42.5 Å². The van der Waals surface area contributed by atoms with Gasteiger partial charge in [-0.2, -0.15) is 0 Å². The zero-order valence-electron chi connectivity index (χ0n) is 12.0. The van der Waals surface area contributed by atoms with E-state index in [9.17, 15) is 9.59 Å². The van der Waals surface area contributed by atoms with Gasteiger partial charge >= 0.3 is 5.97 Å². The quantitative estimate of drug-likeness (QED) is 0.864. The number of hydrogen-bond donors (Lipinski definition) is 1. The van der Waals surface area contributed by atoms with Crippen LogP contribution in [0.4, 0.5) is 0 Å². The summed E-state index contributed by atoms with van der Waals surface area (Å²) in [6.07, 6.45) is -0.467. The van der Waals surface area contributed by atoms with Crippen molar-refractivity contribution in [2.24, 2.45) is 0 Å². The van der Waals surface area contributed by atoms with Crippen molar-refractivity contribution >= 4 is 35.1 Å². The topological polar surface area (TPSA) is 55.4 Å². The summed E-state index contributed by atoms with van der Waals surface area (Å²) < 4.78 is 5.21. The van der Waals surface area contributed by atoms with Crippen LogP contribution in [-0.2, 0) is 22.5 Å². The number of esters is 1. The van der Waals surface area contributed by atoms with Crippen molar-refractivity contribution in [1.29, 1.82) is 0 Å². The second kappa shape index (κ2) is 6.60. The Morgan fingerprint density at radius 2 is 2.00 bits per heavy atom. The predicted octanol–water partition coefficient (Wildman–Crippen LogP) is 3.39. The molecular formula is C17H13Cl2NO3. The summed E-state index contributed by atoms with van der Waals surface area (Å²) >= 11 is 11.9. The Balaban J connectivity index is 1.66. The fourth-order valence-corrected chi connectivity index (χ4v) is 2.91. The van der Waals surface area contributed by atoms with E-state index >= 15 is 0 Å². The molecule has 118 valence electrons. The molecule has 23 heavy (non-hydrogen) atoms. The van der Waals surface area contributed by atoms with Crippen molar-refractivity contribution in [3.63, 3.8) is 0 Å². The first-order valence-corrected chi connectivity index (χ1v) is 7.80. The summed E-state index contributed by atoms with van der Waals surface area (Å²) in [5, 5.41) is 3.74. The maximum absolute atomic E-state index is 12.2. The Bertz CT molecular complexity index is 776. The maximum Gasteiger partial charge on any atom is 0.339 e. The Morgan fingerprint density at radius 3 is 2.78 bits per heavy atom. The molecule has 1 atom stereocenters. The molecule has 0 saturated carbocycles. The van der Waals surface area contributed by atoms with Crippen molar-refractivity contribution in [3.8, 4) is 0 Å². The molecule has 1 aliphatic heterocycles. The lowest BCUT2D eigenvalue weighted by atomic mass is 9.98. The van der Waals surface area contributed by atoms with Crippen LogP contribution in [-0.4, -0.2) is 18.0 Å². The fourth-order valence-electron chi connectivity index (χ4n) is 2.44. The van der Waals surface area contributed by atoms with Gasteiger partial charge in [0.15, 0.2) is 6.10 Å². The highest BCUT2D eigenvalue weighted by atomic mass is 35.5.